The van der Waals surface area contributed by atoms with Crippen LogP contribution in [-0.4, -0.2) is 63.6 Å². The van der Waals surface area contributed by atoms with Gasteiger partial charge in [-0.2, -0.15) is 0 Å². The molecule has 0 amide bonds. The van der Waals surface area contributed by atoms with Crippen molar-refractivity contribution in [1.29, 1.82) is 0 Å². The Kier molecular flexibility index (Phi) is 25.0. The fourth-order valence-electron chi connectivity index (χ4n) is 0.620. The van der Waals surface area contributed by atoms with Gasteiger partial charge in [0.2, 0.25) is 0 Å². The van der Waals surface area contributed by atoms with Gasteiger partial charge in [-0.3, -0.25) is 0 Å². The zero-order valence-corrected chi connectivity index (χ0v) is 15.3. The second-order valence-electron chi connectivity index (χ2n) is 3.11. The minimum atomic E-state index is -1.64. The van der Waals surface area contributed by atoms with Gasteiger partial charge < -0.3 is 45.0 Å². The predicted molar refractivity (Wildman–Crippen MR) is 50.4 cm³/mol. The molecule has 0 unspecified atom stereocenters. The van der Waals surface area contributed by atoms with Gasteiger partial charge in [-0.1, -0.05) is 0 Å². The van der Waals surface area contributed by atoms with Gasteiger partial charge in [-0.05, 0) is 12.8 Å². The van der Waals surface area contributed by atoms with Gasteiger partial charge in [0.15, 0.2) is 6.29 Å². The maximum absolute atomic E-state index is 9.76. The molecular formula is C9H14Na2O9. The maximum atomic E-state index is 9.76. The summed E-state index contributed by atoms with van der Waals surface area (Å²) in [5.74, 6) is -2.73. The maximum Gasteiger partial charge on any atom is 1.00 e. The molecule has 3 atom stereocenters. The molecule has 0 fully saturated rings. The number of hydrogen-bond acceptors (Lipinski definition) is 9. The Morgan fingerprint density at radius 1 is 1.00 bits per heavy atom. The van der Waals surface area contributed by atoms with Crippen molar-refractivity contribution in [3.05, 3.63) is 0 Å². The topological polar surface area (TPSA) is 178 Å². The van der Waals surface area contributed by atoms with Crippen LogP contribution in [0.5, 0.6) is 0 Å². The molecule has 0 rings (SSSR count). The summed E-state index contributed by atoms with van der Waals surface area (Å²) in [7, 11) is 0. The molecule has 0 saturated heterocycles. The molecule has 4 N–H and O–H groups in total. The minimum Gasteiger partial charge on any atom is -0.550 e. The average molecular weight is 312 g/mol. The molecule has 11 heteroatoms. The molecule has 0 aromatic carbocycles. The Morgan fingerprint density at radius 2 is 1.35 bits per heavy atom. The summed E-state index contributed by atoms with van der Waals surface area (Å²) in [6.45, 7) is -0.688. The van der Waals surface area contributed by atoms with Gasteiger partial charge in [0.1, 0.15) is 18.3 Å². The van der Waals surface area contributed by atoms with Gasteiger partial charge in [-0.15, -0.1) is 0 Å². The zero-order chi connectivity index (χ0) is 14.7. The van der Waals surface area contributed by atoms with E-state index in [1.165, 1.54) is 0 Å². The molecule has 9 nitrogen and oxygen atoms in total. The SMILES string of the molecule is O=C([O-])CCC(=O)[O-].O=C[C@H](O)[C@@H](O)[C@H](O)CO.[Na+].[Na+]. The molecular weight excluding hydrogens is 298 g/mol. The van der Waals surface area contributed by atoms with Crippen molar-refractivity contribution < 1.29 is 104 Å². The van der Waals surface area contributed by atoms with E-state index >= 15 is 0 Å². The number of hydrogen-bond donors (Lipinski definition) is 4. The van der Waals surface area contributed by atoms with E-state index in [1.807, 2.05) is 0 Å². The summed E-state index contributed by atoms with van der Waals surface area (Å²) >= 11 is 0. The predicted octanol–water partition coefficient (Wildman–Crippen LogP) is -11.5. The third-order valence-corrected chi connectivity index (χ3v) is 1.60. The third-order valence-electron chi connectivity index (χ3n) is 1.60. The van der Waals surface area contributed by atoms with E-state index in [0.717, 1.165) is 0 Å². The van der Waals surface area contributed by atoms with Crippen molar-refractivity contribution in [2.24, 2.45) is 0 Å². The molecule has 0 aromatic heterocycles. The van der Waals surface area contributed by atoms with Crippen molar-refractivity contribution in [2.75, 3.05) is 6.61 Å². The number of rotatable bonds is 7. The number of aliphatic hydroxyl groups excluding tert-OH is 4. The number of carbonyl (C=O) groups excluding carboxylic acids is 3. The molecule has 0 spiro atoms. The normalized spacial score (nSPS) is 13.2. The van der Waals surface area contributed by atoms with E-state index in [9.17, 15) is 24.6 Å². The first-order valence-electron chi connectivity index (χ1n) is 4.76. The summed E-state index contributed by atoms with van der Waals surface area (Å²) in [4.78, 5) is 28.8. The molecule has 0 aliphatic carbocycles. The van der Waals surface area contributed by atoms with Crippen molar-refractivity contribution in [1.82, 2.24) is 0 Å². The van der Waals surface area contributed by atoms with Gasteiger partial charge in [0, 0.05) is 11.9 Å². The molecule has 0 aliphatic heterocycles. The Balaban J connectivity index is -0.000000119. The second-order valence-corrected chi connectivity index (χ2v) is 3.11. The number of aldehydes is 1. The van der Waals surface area contributed by atoms with Crippen molar-refractivity contribution in [3.8, 4) is 0 Å². The zero-order valence-electron chi connectivity index (χ0n) is 11.3. The molecule has 0 aromatic rings. The van der Waals surface area contributed by atoms with E-state index in [-0.39, 0.29) is 65.4 Å². The number of carbonyl (C=O) groups is 3. The van der Waals surface area contributed by atoms with Crippen LogP contribution in [0.25, 0.3) is 0 Å². The number of carboxylic acid groups (broad SMARTS) is 2. The Bertz CT molecular complexity index is 260. The first-order chi connectivity index (χ1) is 8.26. The quantitative estimate of drug-likeness (QED) is 0.262. The fourth-order valence-corrected chi connectivity index (χ4v) is 0.620. The third kappa shape index (κ3) is 18.4. The summed E-state index contributed by atoms with van der Waals surface area (Å²) < 4.78 is 0. The summed E-state index contributed by atoms with van der Waals surface area (Å²) in [5.41, 5.74) is 0. The fraction of sp³-hybridized carbons (Fsp3) is 0.667. The molecule has 0 heterocycles. The first-order valence-corrected chi connectivity index (χ1v) is 4.76. The molecule has 0 bridgehead atoms. The Labute approximate surface area is 159 Å². The largest absolute Gasteiger partial charge is 1.00 e. The van der Waals surface area contributed by atoms with Crippen molar-refractivity contribution in [2.45, 2.75) is 31.2 Å². The Hall–Kier alpha value is 0.450. The number of aliphatic hydroxyl groups is 4. The molecule has 0 aliphatic rings. The standard InChI is InChI=1S/C5H10O5.C4H6O4.2Na/c6-1-3(8)5(10)4(9)2-7;5-3(6)1-2-4(7)8;;/h1,3-5,7-10H,2H2;1-2H2,(H,5,6)(H,7,8);;/q;;2*+1/p-2/t3-,4+,5+;;;/m0.../s1. The molecule has 0 saturated carbocycles. The molecule has 106 valence electrons. The average Bonchev–Trinajstić information content (AvgIpc) is 2.34. The van der Waals surface area contributed by atoms with Crippen LogP contribution in [0.3, 0.4) is 0 Å². The van der Waals surface area contributed by atoms with Gasteiger partial charge in [-0.25, -0.2) is 0 Å². The van der Waals surface area contributed by atoms with Crippen LogP contribution in [0.15, 0.2) is 0 Å². The monoisotopic (exact) mass is 312 g/mol. The Morgan fingerprint density at radius 3 is 1.55 bits per heavy atom. The van der Waals surface area contributed by atoms with Crippen LogP contribution >= 0.6 is 0 Å². The van der Waals surface area contributed by atoms with Crippen LogP contribution in [0.1, 0.15) is 12.8 Å². The van der Waals surface area contributed by atoms with Gasteiger partial charge in [0.25, 0.3) is 0 Å². The van der Waals surface area contributed by atoms with Crippen LogP contribution in [-0.2, 0) is 14.4 Å². The van der Waals surface area contributed by atoms with Crippen LogP contribution in [0, 0.1) is 0 Å². The van der Waals surface area contributed by atoms with E-state index in [0.29, 0.717) is 0 Å². The van der Waals surface area contributed by atoms with Crippen molar-refractivity contribution >= 4 is 18.2 Å². The molecule has 0 radical (unpaired) electrons. The van der Waals surface area contributed by atoms with E-state index in [1.54, 1.807) is 0 Å². The van der Waals surface area contributed by atoms with Gasteiger partial charge in [0.05, 0.1) is 6.61 Å². The van der Waals surface area contributed by atoms with Crippen LogP contribution in [0.4, 0.5) is 0 Å². The van der Waals surface area contributed by atoms with E-state index in [4.69, 9.17) is 20.4 Å². The first kappa shape index (κ1) is 28.6. The number of carboxylic acids is 2. The van der Waals surface area contributed by atoms with Crippen molar-refractivity contribution in [3.63, 3.8) is 0 Å². The second kappa shape index (κ2) is 17.5. The summed E-state index contributed by atoms with van der Waals surface area (Å²) in [6, 6.07) is 0. The minimum absolute atomic E-state index is 0. The van der Waals surface area contributed by atoms with E-state index in [2.05, 4.69) is 0 Å². The van der Waals surface area contributed by atoms with E-state index < -0.39 is 49.7 Å². The number of aliphatic carboxylic acids is 2. The van der Waals surface area contributed by atoms with Gasteiger partial charge >= 0.3 is 59.1 Å². The smallest absolute Gasteiger partial charge is 0.550 e. The molecule has 20 heavy (non-hydrogen) atoms. The van der Waals surface area contributed by atoms with Crippen LogP contribution < -0.4 is 69.3 Å². The van der Waals surface area contributed by atoms with Crippen LogP contribution in [0.2, 0.25) is 0 Å². The summed E-state index contributed by atoms with van der Waals surface area (Å²) in [5, 5.41) is 53.1. The summed E-state index contributed by atoms with van der Waals surface area (Å²) in [6.07, 6.45) is -5.57.